The Kier molecular flexibility index (Phi) is 6.97. The molecule has 0 atom stereocenters. The molecule has 0 aliphatic heterocycles. The number of carbonyl (C=O) groups is 1. The van der Waals surface area contributed by atoms with E-state index in [1.807, 2.05) is 42.5 Å². The number of hydrogen-bond donors (Lipinski definition) is 1. The number of hydrogen-bond acceptors (Lipinski definition) is 4. The number of nitrogens with zero attached hydrogens (tertiary/aromatic N) is 1. The van der Waals surface area contributed by atoms with E-state index in [-0.39, 0.29) is 18.3 Å². The zero-order valence-electron chi connectivity index (χ0n) is 14.9. The first-order valence-corrected chi connectivity index (χ1v) is 9.35. The highest BCUT2D eigenvalue weighted by molar-refractivity contribution is 9.10. The lowest BCUT2D eigenvalue weighted by atomic mass is 10.2. The Morgan fingerprint density at radius 3 is 2.61 bits per heavy atom. The third kappa shape index (κ3) is 6.06. The number of carbonyl (C=O) groups excluding carboxylic acids is 1. The van der Waals surface area contributed by atoms with Gasteiger partial charge in [-0.15, -0.1) is 0 Å². The molecule has 1 heterocycles. The lowest BCUT2D eigenvalue weighted by molar-refractivity contribution is -0.123. The molecule has 28 heavy (non-hydrogen) atoms. The average molecular weight is 445 g/mol. The van der Waals surface area contributed by atoms with Crippen molar-refractivity contribution in [3.8, 4) is 11.5 Å². The first-order chi connectivity index (χ1) is 13.6. The van der Waals surface area contributed by atoms with Crippen LogP contribution in [0.25, 0.3) is 0 Å². The summed E-state index contributed by atoms with van der Waals surface area (Å²) in [5, 5.41) is 2.73. The van der Waals surface area contributed by atoms with E-state index in [1.54, 1.807) is 12.3 Å². The first-order valence-electron chi connectivity index (χ1n) is 8.56. The fourth-order valence-corrected chi connectivity index (χ4v) is 2.66. The molecule has 3 aromatic rings. The summed E-state index contributed by atoms with van der Waals surface area (Å²) >= 11 is 3.17. The number of rotatable bonds is 8. The fourth-order valence-electron chi connectivity index (χ4n) is 2.33. The molecule has 5 nitrogen and oxygen atoms in total. The monoisotopic (exact) mass is 444 g/mol. The van der Waals surface area contributed by atoms with E-state index in [2.05, 4.69) is 26.2 Å². The quantitative estimate of drug-likeness (QED) is 0.563. The topological polar surface area (TPSA) is 60.5 Å². The highest BCUT2D eigenvalue weighted by atomic mass is 79.9. The lowest BCUT2D eigenvalue weighted by Crippen LogP contribution is -2.28. The molecule has 0 bridgehead atoms. The molecular weight excluding hydrogens is 427 g/mol. The molecule has 0 saturated carbocycles. The van der Waals surface area contributed by atoms with Gasteiger partial charge in [0.1, 0.15) is 12.4 Å². The molecule has 1 N–H and O–H groups in total. The largest absolute Gasteiger partial charge is 0.487 e. The molecule has 0 spiro atoms. The van der Waals surface area contributed by atoms with Gasteiger partial charge in [0.15, 0.2) is 18.2 Å². The van der Waals surface area contributed by atoms with Crippen LogP contribution in [0.1, 0.15) is 11.3 Å². The first kappa shape index (κ1) is 19.8. The van der Waals surface area contributed by atoms with Gasteiger partial charge in [0.25, 0.3) is 5.91 Å². The van der Waals surface area contributed by atoms with Crippen molar-refractivity contribution in [2.75, 3.05) is 6.61 Å². The van der Waals surface area contributed by atoms with Gasteiger partial charge in [0.2, 0.25) is 0 Å². The number of amides is 1. The van der Waals surface area contributed by atoms with E-state index in [4.69, 9.17) is 9.47 Å². The van der Waals surface area contributed by atoms with Crippen molar-refractivity contribution in [2.24, 2.45) is 0 Å². The number of nitrogens with one attached hydrogen (secondary N) is 1. The summed E-state index contributed by atoms with van der Waals surface area (Å²) < 4.78 is 25.1. The molecule has 144 valence electrons. The molecule has 7 heteroatoms. The summed E-state index contributed by atoms with van der Waals surface area (Å²) in [7, 11) is 0. The van der Waals surface area contributed by atoms with Gasteiger partial charge in [-0.05, 0) is 48.0 Å². The fraction of sp³-hybridized carbons (Fsp3) is 0.143. The van der Waals surface area contributed by atoms with Crippen LogP contribution in [0.2, 0.25) is 0 Å². The van der Waals surface area contributed by atoms with Crippen LogP contribution in [0.15, 0.2) is 71.3 Å². The molecule has 0 radical (unpaired) electrons. The second kappa shape index (κ2) is 9.85. The number of benzene rings is 2. The number of halogens is 2. The number of ether oxygens (including phenoxy) is 2. The predicted molar refractivity (Wildman–Crippen MR) is 106 cm³/mol. The SMILES string of the molecule is O=C(COc1ccc(Br)cc1F)NCc1ccc(OCc2ccccn2)cc1. The van der Waals surface area contributed by atoms with E-state index in [9.17, 15) is 9.18 Å². The van der Waals surface area contributed by atoms with Crippen molar-refractivity contribution in [1.82, 2.24) is 10.3 Å². The summed E-state index contributed by atoms with van der Waals surface area (Å²) in [4.78, 5) is 16.1. The van der Waals surface area contributed by atoms with Crippen LogP contribution in [-0.2, 0) is 17.9 Å². The van der Waals surface area contributed by atoms with Crippen LogP contribution in [0.5, 0.6) is 11.5 Å². The van der Waals surface area contributed by atoms with Gasteiger partial charge in [-0.2, -0.15) is 0 Å². The minimum absolute atomic E-state index is 0.0350. The van der Waals surface area contributed by atoms with Crippen LogP contribution in [0.4, 0.5) is 4.39 Å². The zero-order valence-corrected chi connectivity index (χ0v) is 16.5. The molecule has 2 aromatic carbocycles. The number of pyridine rings is 1. The third-order valence-electron chi connectivity index (χ3n) is 3.78. The summed E-state index contributed by atoms with van der Waals surface area (Å²) in [5.74, 6) is -0.108. The maximum absolute atomic E-state index is 13.7. The molecule has 0 unspecified atom stereocenters. The Morgan fingerprint density at radius 1 is 1.07 bits per heavy atom. The van der Waals surface area contributed by atoms with E-state index < -0.39 is 5.82 Å². The Morgan fingerprint density at radius 2 is 1.89 bits per heavy atom. The Hall–Kier alpha value is -2.93. The van der Waals surface area contributed by atoms with Crippen LogP contribution < -0.4 is 14.8 Å². The van der Waals surface area contributed by atoms with Crippen molar-refractivity contribution < 1.29 is 18.7 Å². The number of aromatic nitrogens is 1. The van der Waals surface area contributed by atoms with Gasteiger partial charge in [0.05, 0.1) is 5.69 Å². The van der Waals surface area contributed by atoms with Gasteiger partial charge in [0, 0.05) is 17.2 Å². The van der Waals surface area contributed by atoms with Crippen molar-refractivity contribution >= 4 is 21.8 Å². The molecule has 3 rings (SSSR count). The summed E-state index contributed by atoms with van der Waals surface area (Å²) in [5.41, 5.74) is 1.76. The van der Waals surface area contributed by atoms with Crippen molar-refractivity contribution in [1.29, 1.82) is 0 Å². The smallest absolute Gasteiger partial charge is 0.258 e. The van der Waals surface area contributed by atoms with Crippen LogP contribution >= 0.6 is 15.9 Å². The summed E-state index contributed by atoms with van der Waals surface area (Å²) in [6, 6.07) is 17.4. The Labute approximate surface area is 170 Å². The van der Waals surface area contributed by atoms with Gasteiger partial charge in [-0.3, -0.25) is 9.78 Å². The second-order valence-corrected chi connectivity index (χ2v) is 6.81. The lowest BCUT2D eigenvalue weighted by Gasteiger charge is -2.09. The maximum Gasteiger partial charge on any atom is 0.258 e. The third-order valence-corrected chi connectivity index (χ3v) is 4.27. The van der Waals surface area contributed by atoms with E-state index >= 15 is 0 Å². The van der Waals surface area contributed by atoms with Crippen LogP contribution in [0, 0.1) is 5.82 Å². The summed E-state index contributed by atoms with van der Waals surface area (Å²) in [6.45, 7) is 0.468. The van der Waals surface area contributed by atoms with Crippen molar-refractivity contribution in [3.63, 3.8) is 0 Å². The van der Waals surface area contributed by atoms with Crippen molar-refractivity contribution in [3.05, 3.63) is 88.4 Å². The standard InChI is InChI=1S/C21H18BrFN2O3/c22-16-6-9-20(19(23)11-16)28-14-21(26)25-12-15-4-7-18(8-5-15)27-13-17-3-1-2-10-24-17/h1-11H,12-14H2,(H,25,26). The molecule has 1 aromatic heterocycles. The second-order valence-electron chi connectivity index (χ2n) is 5.89. The van der Waals surface area contributed by atoms with Gasteiger partial charge >= 0.3 is 0 Å². The molecule has 1 amide bonds. The maximum atomic E-state index is 13.7. The minimum Gasteiger partial charge on any atom is -0.487 e. The Balaban J connectivity index is 1.42. The molecule has 0 fully saturated rings. The Bertz CT molecular complexity index is 921. The van der Waals surface area contributed by atoms with E-state index in [0.29, 0.717) is 17.6 Å². The predicted octanol–water partition coefficient (Wildman–Crippen LogP) is 4.26. The molecule has 0 saturated heterocycles. The normalized spacial score (nSPS) is 10.4. The van der Waals surface area contributed by atoms with Gasteiger partial charge < -0.3 is 14.8 Å². The minimum atomic E-state index is -0.525. The van der Waals surface area contributed by atoms with E-state index in [1.165, 1.54) is 12.1 Å². The summed E-state index contributed by atoms with van der Waals surface area (Å²) in [6.07, 6.45) is 1.72. The van der Waals surface area contributed by atoms with Gasteiger partial charge in [-0.25, -0.2) is 4.39 Å². The molecule has 0 aliphatic rings. The van der Waals surface area contributed by atoms with Crippen molar-refractivity contribution in [2.45, 2.75) is 13.2 Å². The highest BCUT2D eigenvalue weighted by Crippen LogP contribution is 2.21. The van der Waals surface area contributed by atoms with Crippen LogP contribution in [-0.4, -0.2) is 17.5 Å². The van der Waals surface area contributed by atoms with Crippen LogP contribution in [0.3, 0.4) is 0 Å². The highest BCUT2D eigenvalue weighted by Gasteiger charge is 2.07. The zero-order chi connectivity index (χ0) is 19.8. The molecular formula is C21H18BrFN2O3. The molecule has 0 aliphatic carbocycles. The van der Waals surface area contributed by atoms with Gasteiger partial charge in [-0.1, -0.05) is 34.1 Å². The van der Waals surface area contributed by atoms with E-state index in [0.717, 1.165) is 17.0 Å². The average Bonchev–Trinajstić information content (AvgIpc) is 2.71.